The number of nitrogens with zero attached hydrogens (tertiary/aromatic N) is 1. The molecule has 0 unspecified atom stereocenters. The standard InChI is InChI=1S/C15H22N2O3.ClH/c1-16-12-15(19)7-9-17(10-8-15)14(18)20-11-13-5-3-2-4-6-13;/h2-6,16,19H,7-12H2,1H3;1H. The van der Waals surface area contributed by atoms with E-state index >= 15 is 0 Å². The van der Waals surface area contributed by atoms with Gasteiger partial charge in [0.2, 0.25) is 0 Å². The number of ether oxygens (including phenoxy) is 1. The molecule has 0 atom stereocenters. The van der Waals surface area contributed by atoms with Crippen LogP contribution >= 0.6 is 12.4 Å². The van der Waals surface area contributed by atoms with Crippen molar-refractivity contribution in [1.82, 2.24) is 10.2 Å². The van der Waals surface area contributed by atoms with E-state index in [0.29, 0.717) is 32.5 Å². The van der Waals surface area contributed by atoms with Crippen LogP contribution in [-0.4, -0.2) is 48.4 Å². The summed E-state index contributed by atoms with van der Waals surface area (Å²) in [6, 6.07) is 9.62. The molecule has 1 saturated heterocycles. The lowest BCUT2D eigenvalue weighted by Crippen LogP contribution is -2.50. The molecule has 1 amide bonds. The van der Waals surface area contributed by atoms with Crippen molar-refractivity contribution in [3.05, 3.63) is 35.9 Å². The topological polar surface area (TPSA) is 61.8 Å². The van der Waals surface area contributed by atoms with E-state index in [4.69, 9.17) is 4.74 Å². The number of rotatable bonds is 4. The van der Waals surface area contributed by atoms with Crippen LogP contribution in [0.1, 0.15) is 18.4 Å². The van der Waals surface area contributed by atoms with Crippen molar-refractivity contribution >= 4 is 18.5 Å². The summed E-state index contributed by atoms with van der Waals surface area (Å²) in [7, 11) is 1.82. The number of halogens is 1. The molecule has 118 valence electrons. The fraction of sp³-hybridized carbons (Fsp3) is 0.533. The van der Waals surface area contributed by atoms with E-state index in [1.165, 1.54) is 0 Å². The first-order valence-corrected chi connectivity index (χ1v) is 6.96. The summed E-state index contributed by atoms with van der Waals surface area (Å²) in [5, 5.41) is 13.2. The summed E-state index contributed by atoms with van der Waals surface area (Å²) < 4.78 is 5.29. The molecule has 0 spiro atoms. The smallest absolute Gasteiger partial charge is 0.410 e. The number of piperidine rings is 1. The monoisotopic (exact) mass is 314 g/mol. The van der Waals surface area contributed by atoms with Crippen molar-refractivity contribution in [2.45, 2.75) is 25.0 Å². The van der Waals surface area contributed by atoms with Gasteiger partial charge in [-0.2, -0.15) is 0 Å². The van der Waals surface area contributed by atoms with E-state index in [2.05, 4.69) is 5.32 Å². The Kier molecular flexibility index (Phi) is 6.95. The van der Waals surface area contributed by atoms with Gasteiger partial charge in [-0.25, -0.2) is 4.79 Å². The van der Waals surface area contributed by atoms with Crippen LogP contribution in [0.25, 0.3) is 0 Å². The number of amides is 1. The lowest BCUT2D eigenvalue weighted by atomic mass is 9.91. The van der Waals surface area contributed by atoms with E-state index in [9.17, 15) is 9.90 Å². The number of hydrogen-bond donors (Lipinski definition) is 2. The van der Waals surface area contributed by atoms with Crippen LogP contribution in [0.5, 0.6) is 0 Å². The van der Waals surface area contributed by atoms with Crippen molar-refractivity contribution in [1.29, 1.82) is 0 Å². The van der Waals surface area contributed by atoms with Gasteiger partial charge in [0.05, 0.1) is 5.60 Å². The van der Waals surface area contributed by atoms with Crippen molar-refractivity contribution < 1.29 is 14.6 Å². The highest BCUT2D eigenvalue weighted by Gasteiger charge is 2.33. The van der Waals surface area contributed by atoms with Crippen LogP contribution in [0.15, 0.2) is 30.3 Å². The van der Waals surface area contributed by atoms with E-state index < -0.39 is 5.60 Å². The number of carbonyl (C=O) groups excluding carboxylic acids is 1. The minimum Gasteiger partial charge on any atom is -0.445 e. The van der Waals surface area contributed by atoms with Gasteiger partial charge in [0.25, 0.3) is 0 Å². The molecule has 1 aliphatic rings. The van der Waals surface area contributed by atoms with Crippen LogP contribution in [0.4, 0.5) is 4.79 Å². The van der Waals surface area contributed by atoms with Gasteiger partial charge in [0.15, 0.2) is 0 Å². The lowest BCUT2D eigenvalue weighted by molar-refractivity contribution is -0.0187. The molecule has 5 nitrogen and oxygen atoms in total. The minimum atomic E-state index is -0.703. The number of likely N-dealkylation sites (N-methyl/N-ethyl adjacent to an activating group) is 1. The summed E-state index contributed by atoms with van der Waals surface area (Å²) in [5.74, 6) is 0. The predicted molar refractivity (Wildman–Crippen MR) is 83.6 cm³/mol. The highest BCUT2D eigenvalue weighted by atomic mass is 35.5. The first-order valence-electron chi connectivity index (χ1n) is 6.96. The molecule has 1 aromatic rings. The third-order valence-electron chi connectivity index (χ3n) is 3.66. The Morgan fingerprint density at radius 2 is 1.95 bits per heavy atom. The molecule has 2 rings (SSSR count). The van der Waals surface area contributed by atoms with Crippen molar-refractivity contribution in [3.63, 3.8) is 0 Å². The van der Waals surface area contributed by atoms with Gasteiger partial charge < -0.3 is 20.1 Å². The number of aliphatic hydroxyl groups is 1. The first kappa shape index (κ1) is 17.8. The number of carbonyl (C=O) groups is 1. The second kappa shape index (κ2) is 8.22. The summed E-state index contributed by atoms with van der Waals surface area (Å²) in [6.45, 7) is 1.91. The molecule has 1 fully saturated rings. The van der Waals surface area contributed by atoms with Gasteiger partial charge in [-0.05, 0) is 25.5 Å². The summed E-state index contributed by atoms with van der Waals surface area (Å²) in [4.78, 5) is 13.6. The number of benzene rings is 1. The predicted octanol–water partition coefficient (Wildman–Crippen LogP) is 1.79. The Labute approximate surface area is 131 Å². The zero-order valence-electron chi connectivity index (χ0n) is 12.2. The minimum absolute atomic E-state index is 0. The molecule has 1 heterocycles. The molecule has 0 aliphatic carbocycles. The van der Waals surface area contributed by atoms with Crippen LogP contribution in [0.2, 0.25) is 0 Å². The summed E-state index contributed by atoms with van der Waals surface area (Å²) in [6.07, 6.45) is 0.850. The molecular weight excluding hydrogens is 292 g/mol. The number of nitrogens with one attached hydrogen (secondary N) is 1. The van der Waals surface area contributed by atoms with Crippen molar-refractivity contribution in [2.75, 3.05) is 26.7 Å². The third kappa shape index (κ3) is 5.19. The van der Waals surface area contributed by atoms with Gasteiger partial charge in [-0.3, -0.25) is 0 Å². The Balaban J connectivity index is 0.00000220. The van der Waals surface area contributed by atoms with Crippen molar-refractivity contribution in [2.24, 2.45) is 0 Å². The molecule has 1 aliphatic heterocycles. The van der Waals surface area contributed by atoms with Gasteiger partial charge >= 0.3 is 6.09 Å². The molecule has 1 aromatic carbocycles. The average Bonchev–Trinajstić information content (AvgIpc) is 2.47. The maximum atomic E-state index is 11.9. The van der Waals surface area contributed by atoms with Crippen molar-refractivity contribution in [3.8, 4) is 0 Å². The zero-order chi connectivity index (χ0) is 14.4. The third-order valence-corrected chi connectivity index (χ3v) is 3.66. The van der Waals surface area contributed by atoms with E-state index in [1.807, 2.05) is 37.4 Å². The average molecular weight is 315 g/mol. The molecule has 6 heteroatoms. The summed E-state index contributed by atoms with van der Waals surface area (Å²) >= 11 is 0. The van der Waals surface area contributed by atoms with Crippen LogP contribution in [0.3, 0.4) is 0 Å². The van der Waals surface area contributed by atoms with E-state index in [0.717, 1.165) is 5.56 Å². The van der Waals surface area contributed by atoms with Crippen LogP contribution < -0.4 is 5.32 Å². The molecule has 21 heavy (non-hydrogen) atoms. The molecule has 0 bridgehead atoms. The number of hydrogen-bond acceptors (Lipinski definition) is 4. The SMILES string of the molecule is CNCC1(O)CCN(C(=O)OCc2ccccc2)CC1.Cl. The van der Waals surface area contributed by atoms with Gasteiger partial charge in [0.1, 0.15) is 6.61 Å². The second-order valence-corrected chi connectivity index (χ2v) is 5.28. The quantitative estimate of drug-likeness (QED) is 0.889. The van der Waals surface area contributed by atoms with Crippen LogP contribution in [-0.2, 0) is 11.3 Å². The Morgan fingerprint density at radius 1 is 1.33 bits per heavy atom. The normalized spacial score (nSPS) is 17.0. The maximum Gasteiger partial charge on any atom is 0.410 e. The zero-order valence-corrected chi connectivity index (χ0v) is 13.1. The Hall–Kier alpha value is -1.30. The largest absolute Gasteiger partial charge is 0.445 e. The lowest BCUT2D eigenvalue weighted by Gasteiger charge is -2.37. The van der Waals surface area contributed by atoms with E-state index in [1.54, 1.807) is 4.90 Å². The highest BCUT2D eigenvalue weighted by Crippen LogP contribution is 2.22. The molecular formula is C15H23ClN2O3. The summed E-state index contributed by atoms with van der Waals surface area (Å²) in [5.41, 5.74) is 0.273. The molecule has 2 N–H and O–H groups in total. The second-order valence-electron chi connectivity index (χ2n) is 5.28. The fourth-order valence-electron chi connectivity index (χ4n) is 2.42. The van der Waals surface area contributed by atoms with Gasteiger partial charge in [-0.1, -0.05) is 30.3 Å². The number of likely N-dealkylation sites (tertiary alicyclic amines) is 1. The fourth-order valence-corrected chi connectivity index (χ4v) is 2.42. The van der Waals surface area contributed by atoms with Crippen LogP contribution in [0, 0.1) is 0 Å². The maximum absolute atomic E-state index is 11.9. The highest BCUT2D eigenvalue weighted by molar-refractivity contribution is 5.85. The Bertz CT molecular complexity index is 434. The first-order chi connectivity index (χ1) is 9.63. The molecule has 0 aromatic heterocycles. The van der Waals surface area contributed by atoms with Gasteiger partial charge in [-0.15, -0.1) is 12.4 Å². The van der Waals surface area contributed by atoms with Gasteiger partial charge in [0, 0.05) is 19.6 Å². The van der Waals surface area contributed by atoms with E-state index in [-0.39, 0.29) is 25.1 Å². The molecule has 0 radical (unpaired) electrons. The molecule has 0 saturated carbocycles. The Morgan fingerprint density at radius 3 is 2.52 bits per heavy atom.